The van der Waals surface area contributed by atoms with Gasteiger partial charge in [-0.15, -0.1) is 0 Å². The van der Waals surface area contributed by atoms with Gasteiger partial charge in [0.15, 0.2) is 0 Å². The molecule has 1 heterocycles. The van der Waals surface area contributed by atoms with Crippen molar-refractivity contribution in [2.45, 2.75) is 55.4 Å². The van der Waals surface area contributed by atoms with E-state index in [-0.39, 0.29) is 74.7 Å². The van der Waals surface area contributed by atoms with Crippen molar-refractivity contribution in [3.8, 4) is 92.0 Å². The molecule has 1 aliphatic heterocycles. The zero-order valence-corrected chi connectivity index (χ0v) is 65.3. The Morgan fingerprint density at radius 3 is 0.981 bits per heavy atom. The Balaban J connectivity index is 1.34. The van der Waals surface area contributed by atoms with Gasteiger partial charge in [-0.2, -0.15) is 0 Å². The standard InChI is InChI=1S/C80H78N6O16P6/c1-57-25-9-17-33-73(57)91-83-104(95-77-37-21-13-29-61(77)5)81-103-82-107(98-69-49-41-65(87)42-50-69,99-70-51-43-66(88)44-52-70)86(94-76-36-20-12-28-60(76)4)108(100-71-53-45-67(89)46-54-71,101-72-55-47-68(90)48-56-72,102-80-40-24-16-32-64(80)8)85(93-75-35-19-11-27-59(75)3)106(97-79-39-23-15-31-63(79)7)84(92-74-34-18-10-26-58(74)2)105(83)96-78-38-22-14-30-62(78)6/h9-56,81,87-90,103H,1-8H3. The van der Waals surface area contributed by atoms with Crippen LogP contribution in [0.4, 0.5) is 0 Å². The maximum absolute atomic E-state index is 11.5. The number of aromatic hydroxyl groups is 4. The Morgan fingerprint density at radius 2 is 0.611 bits per heavy atom. The Labute approximate surface area is 632 Å². The van der Waals surface area contributed by atoms with Crippen LogP contribution in [0.5, 0.6) is 92.0 Å². The number of nitrogens with one attached hydrogen (secondary N) is 1. The van der Waals surface area contributed by atoms with Crippen molar-refractivity contribution in [2.24, 2.45) is 4.52 Å². The summed E-state index contributed by atoms with van der Waals surface area (Å²) < 4.78 is 76.1. The van der Waals surface area contributed by atoms with Crippen LogP contribution in [0.2, 0.25) is 0 Å². The van der Waals surface area contributed by atoms with Crippen LogP contribution in [0, 0.1) is 55.4 Å². The summed E-state index contributed by atoms with van der Waals surface area (Å²) in [5.74, 6) is 1.06. The van der Waals surface area contributed by atoms with Crippen molar-refractivity contribution < 1.29 is 76.0 Å². The van der Waals surface area contributed by atoms with E-state index in [0.717, 1.165) is 5.56 Å². The van der Waals surface area contributed by atoms with Crippen LogP contribution in [0.25, 0.3) is 0 Å². The third kappa shape index (κ3) is 17.3. The number of hydrogen-bond donors (Lipinski definition) is 5. The first-order valence-corrected chi connectivity index (χ1v) is 41.9. The van der Waals surface area contributed by atoms with Gasteiger partial charge in [0, 0.05) is 0 Å². The van der Waals surface area contributed by atoms with Crippen LogP contribution in [-0.2, 0) is 0 Å². The van der Waals surface area contributed by atoms with Crippen molar-refractivity contribution in [2.75, 3.05) is 0 Å². The Bertz CT molecular complexity index is 5040. The zero-order valence-electron chi connectivity index (χ0n) is 59.9. The van der Waals surface area contributed by atoms with Gasteiger partial charge in [-0.25, -0.2) is 0 Å². The van der Waals surface area contributed by atoms with Crippen molar-refractivity contribution in [3.05, 3.63) is 336 Å². The molecule has 1 aliphatic rings. The number of benzene rings is 12. The molecule has 0 saturated heterocycles. The number of phenols is 4. The molecule has 554 valence electrons. The second-order valence-electron chi connectivity index (χ2n) is 24.6. The van der Waals surface area contributed by atoms with Crippen molar-refractivity contribution >= 4 is 49.5 Å². The van der Waals surface area contributed by atoms with Crippen molar-refractivity contribution in [1.82, 2.24) is 23.3 Å². The summed E-state index contributed by atoms with van der Waals surface area (Å²) in [5.41, 5.74) is 4.86. The van der Waals surface area contributed by atoms with Crippen LogP contribution in [0.15, 0.2) is 296 Å². The van der Waals surface area contributed by atoms with Gasteiger partial charge < -0.3 is 0 Å². The number of hydrogen-bond acceptors (Lipinski definition) is 22. The van der Waals surface area contributed by atoms with Gasteiger partial charge in [0.25, 0.3) is 0 Å². The molecule has 12 aromatic rings. The average Bonchev–Trinajstić information content (AvgIpc) is 0.678. The molecule has 13 rings (SSSR count). The molecule has 4 atom stereocenters. The van der Waals surface area contributed by atoms with E-state index < -0.39 is 49.5 Å². The third-order valence-corrected chi connectivity index (χ3v) is 31.1. The summed E-state index contributed by atoms with van der Waals surface area (Å²) in [6.45, 7) is 15.0. The van der Waals surface area contributed by atoms with E-state index in [9.17, 15) is 20.4 Å². The molecule has 0 aliphatic carbocycles. The van der Waals surface area contributed by atoms with E-state index in [4.69, 9.17) is 60.1 Å². The topological polar surface area (TPSA) is 229 Å². The summed E-state index contributed by atoms with van der Waals surface area (Å²) in [5, 5.41) is 45.6. The van der Waals surface area contributed by atoms with Crippen LogP contribution >= 0.6 is 49.5 Å². The molecule has 0 bridgehead atoms. The first-order valence-electron chi connectivity index (χ1n) is 33.9. The molecule has 0 amide bonds. The second-order valence-corrected chi connectivity index (χ2v) is 36.3. The van der Waals surface area contributed by atoms with E-state index in [1.807, 2.05) is 201 Å². The second kappa shape index (κ2) is 33.8. The molecule has 0 saturated carbocycles. The number of para-hydroxylation sites is 8. The minimum absolute atomic E-state index is 0.00751. The van der Waals surface area contributed by atoms with Gasteiger partial charge in [0.1, 0.15) is 0 Å². The fourth-order valence-corrected chi connectivity index (χ4v) is 27.1. The summed E-state index contributed by atoms with van der Waals surface area (Å²) in [7, 11) is -23.0. The van der Waals surface area contributed by atoms with E-state index in [1.54, 1.807) is 53.1 Å². The molecule has 4 unspecified atom stereocenters. The van der Waals surface area contributed by atoms with Gasteiger partial charge in [-0.1, -0.05) is 0 Å². The normalized spacial score (nSPS) is 17.3. The third-order valence-electron chi connectivity index (χ3n) is 16.4. The predicted octanol–water partition coefficient (Wildman–Crippen LogP) is 23.0. The SMILES string of the molecule is Cc1ccccc1ON1P(Oc2ccccc2C)NPN=P(Oc2ccc(O)cc2)(Oc2ccc(O)cc2)N(Oc2ccccc2C)P(Oc2ccc(O)cc2)(Oc2ccc(O)cc2)(Oc2ccccc2C)N(Oc2ccccc2C)P(Oc2ccccc2C)N(Oc2ccccc2C)P1Oc1ccccc1C. The Morgan fingerprint density at radius 1 is 0.315 bits per heavy atom. The van der Waals surface area contributed by atoms with Gasteiger partial charge in [-0.3, -0.25) is 0 Å². The Hall–Kier alpha value is -10.4. The van der Waals surface area contributed by atoms with Gasteiger partial charge >= 0.3 is 636 Å². The molecule has 12 aromatic carbocycles. The molecule has 0 radical (unpaired) electrons. The fraction of sp³-hybridized carbons (Fsp3) is 0.100. The predicted molar refractivity (Wildman–Crippen MR) is 425 cm³/mol. The van der Waals surface area contributed by atoms with E-state index in [1.165, 1.54) is 111 Å². The van der Waals surface area contributed by atoms with Crippen molar-refractivity contribution in [1.29, 1.82) is 0 Å². The number of phenolic OH excluding ortho intramolecular Hbond substituents is 4. The zero-order chi connectivity index (χ0) is 75.4. The van der Waals surface area contributed by atoms with E-state index >= 15 is 0 Å². The van der Waals surface area contributed by atoms with Crippen molar-refractivity contribution in [3.63, 3.8) is 0 Å². The molecule has 0 fully saturated rings. The number of nitrogens with zero attached hydrogens (tertiary/aromatic N) is 5. The summed E-state index contributed by atoms with van der Waals surface area (Å²) in [4.78, 5) is 35.7. The molecule has 0 aromatic heterocycles. The summed E-state index contributed by atoms with van der Waals surface area (Å²) >= 11 is 0. The summed E-state index contributed by atoms with van der Waals surface area (Å²) in [6.07, 6.45) is 0. The van der Waals surface area contributed by atoms with Crippen LogP contribution < -0.4 is 60.4 Å². The fourth-order valence-electron chi connectivity index (χ4n) is 10.5. The monoisotopic (exact) mass is 1560 g/mol. The average molecular weight is 1570 g/mol. The molecular formula is C80H78N6O16P6. The molecule has 5 N–H and O–H groups in total. The Kier molecular flexibility index (Phi) is 23.7. The summed E-state index contributed by atoms with van der Waals surface area (Å²) in [6, 6.07) is 82.1. The van der Waals surface area contributed by atoms with Crippen LogP contribution in [0.1, 0.15) is 44.5 Å². The minimum atomic E-state index is -7.38. The molecule has 22 nitrogen and oxygen atoms in total. The van der Waals surface area contributed by atoms with E-state index in [2.05, 4.69) is 4.86 Å². The van der Waals surface area contributed by atoms with Gasteiger partial charge in [0.2, 0.25) is 0 Å². The number of aryl methyl sites for hydroxylation is 8. The molecule has 0 spiro atoms. The van der Waals surface area contributed by atoms with Crippen LogP contribution in [-0.4, -0.2) is 38.8 Å². The van der Waals surface area contributed by atoms with Gasteiger partial charge in [0.05, 0.1) is 0 Å². The molecule has 108 heavy (non-hydrogen) atoms. The van der Waals surface area contributed by atoms with Crippen LogP contribution in [0.3, 0.4) is 0 Å². The molecule has 28 heteroatoms. The van der Waals surface area contributed by atoms with Gasteiger partial charge in [-0.05, 0) is 0 Å². The maximum atomic E-state index is 11.5. The quantitative estimate of drug-likeness (QED) is 0.0354. The first-order chi connectivity index (χ1) is 52.3. The number of rotatable bonds is 24. The molecular weight excluding hydrogens is 1490 g/mol. The van der Waals surface area contributed by atoms with E-state index in [0.29, 0.717) is 56.2 Å². The first kappa shape index (κ1) is 75.8.